The Hall–Kier alpha value is -0.860. The van der Waals surface area contributed by atoms with Crippen LogP contribution in [0, 0.1) is 13.8 Å². The molecule has 0 radical (unpaired) electrons. The van der Waals surface area contributed by atoms with Gasteiger partial charge in [0.15, 0.2) is 0 Å². The van der Waals surface area contributed by atoms with E-state index >= 15 is 0 Å². The van der Waals surface area contributed by atoms with Crippen LogP contribution in [-0.4, -0.2) is 28.7 Å². The van der Waals surface area contributed by atoms with Gasteiger partial charge < -0.3 is 5.11 Å². The van der Waals surface area contributed by atoms with Gasteiger partial charge in [-0.15, -0.1) is 0 Å². The highest BCUT2D eigenvalue weighted by Crippen LogP contribution is 2.15. The van der Waals surface area contributed by atoms with E-state index in [-0.39, 0.29) is 0 Å². The van der Waals surface area contributed by atoms with Crippen LogP contribution >= 0.6 is 0 Å². The second-order valence-electron chi connectivity index (χ2n) is 5.55. The van der Waals surface area contributed by atoms with Crippen LogP contribution in [0.3, 0.4) is 0 Å². The third kappa shape index (κ3) is 4.88. The predicted molar refractivity (Wildman–Crippen MR) is 73.2 cm³/mol. The third-order valence-corrected chi connectivity index (χ3v) is 2.96. The SMILES string of the molecule is CCN(Cc1cc(C)ccc1C)CC(C)(C)O. The molecule has 0 aliphatic heterocycles. The van der Waals surface area contributed by atoms with Crippen LogP contribution in [0.1, 0.15) is 37.5 Å². The Morgan fingerprint density at radius 2 is 1.88 bits per heavy atom. The van der Waals surface area contributed by atoms with Gasteiger partial charge in [-0.1, -0.05) is 30.7 Å². The summed E-state index contributed by atoms with van der Waals surface area (Å²) in [6.07, 6.45) is 0. The molecule has 0 aliphatic carbocycles. The van der Waals surface area contributed by atoms with Crippen LogP contribution in [-0.2, 0) is 6.54 Å². The lowest BCUT2D eigenvalue weighted by molar-refractivity contribution is 0.0353. The van der Waals surface area contributed by atoms with Crippen molar-refractivity contribution in [2.45, 2.75) is 46.8 Å². The minimum Gasteiger partial charge on any atom is -0.389 e. The van der Waals surface area contributed by atoms with E-state index < -0.39 is 5.60 Å². The summed E-state index contributed by atoms with van der Waals surface area (Å²) in [6, 6.07) is 6.55. The van der Waals surface area contributed by atoms with Gasteiger partial charge in [0.1, 0.15) is 0 Å². The molecule has 17 heavy (non-hydrogen) atoms. The van der Waals surface area contributed by atoms with Crippen molar-refractivity contribution in [3.05, 3.63) is 34.9 Å². The normalized spacial score (nSPS) is 12.2. The van der Waals surface area contributed by atoms with Crippen LogP contribution in [0.5, 0.6) is 0 Å². The van der Waals surface area contributed by atoms with E-state index in [9.17, 15) is 5.11 Å². The molecular weight excluding hydrogens is 210 g/mol. The number of aryl methyl sites for hydroxylation is 2. The zero-order valence-corrected chi connectivity index (χ0v) is 11.7. The van der Waals surface area contributed by atoms with E-state index in [0.29, 0.717) is 6.54 Å². The molecule has 0 aromatic heterocycles. The average molecular weight is 235 g/mol. The largest absolute Gasteiger partial charge is 0.389 e. The maximum Gasteiger partial charge on any atom is 0.0718 e. The van der Waals surface area contributed by atoms with E-state index in [2.05, 4.69) is 43.9 Å². The molecule has 96 valence electrons. The number of hydrogen-bond donors (Lipinski definition) is 1. The summed E-state index contributed by atoms with van der Waals surface area (Å²) in [5.74, 6) is 0. The van der Waals surface area contributed by atoms with Gasteiger partial charge in [0.25, 0.3) is 0 Å². The van der Waals surface area contributed by atoms with Crippen LogP contribution in [0.15, 0.2) is 18.2 Å². The van der Waals surface area contributed by atoms with E-state index in [0.717, 1.165) is 13.1 Å². The number of likely N-dealkylation sites (N-methyl/N-ethyl adjacent to an activating group) is 1. The smallest absolute Gasteiger partial charge is 0.0718 e. The van der Waals surface area contributed by atoms with Gasteiger partial charge in [-0.25, -0.2) is 0 Å². The molecule has 1 aromatic rings. The summed E-state index contributed by atoms with van der Waals surface area (Å²) in [5.41, 5.74) is 3.35. The van der Waals surface area contributed by atoms with Crippen LogP contribution in [0.4, 0.5) is 0 Å². The standard InChI is InChI=1S/C15H25NO/c1-6-16(11-15(4,5)17)10-14-9-12(2)7-8-13(14)3/h7-9,17H,6,10-11H2,1-5H3. The first-order chi connectivity index (χ1) is 7.81. The molecule has 0 heterocycles. The van der Waals surface area contributed by atoms with E-state index in [1.165, 1.54) is 16.7 Å². The van der Waals surface area contributed by atoms with Crippen molar-refractivity contribution in [2.24, 2.45) is 0 Å². The molecule has 0 saturated carbocycles. The molecular formula is C15H25NO. The van der Waals surface area contributed by atoms with Crippen molar-refractivity contribution in [3.63, 3.8) is 0 Å². The Kier molecular flexibility index (Phi) is 4.72. The zero-order valence-electron chi connectivity index (χ0n) is 11.7. The summed E-state index contributed by atoms with van der Waals surface area (Å²) in [4.78, 5) is 2.28. The number of benzene rings is 1. The molecule has 0 fully saturated rings. The lowest BCUT2D eigenvalue weighted by atomic mass is 10.0. The van der Waals surface area contributed by atoms with Crippen LogP contribution < -0.4 is 0 Å². The first-order valence-corrected chi connectivity index (χ1v) is 6.32. The molecule has 1 rings (SSSR count). The molecule has 0 bridgehead atoms. The van der Waals surface area contributed by atoms with E-state index in [1.807, 2.05) is 13.8 Å². The van der Waals surface area contributed by atoms with Gasteiger partial charge in [-0.2, -0.15) is 0 Å². The minimum atomic E-state index is -0.631. The summed E-state index contributed by atoms with van der Waals surface area (Å²) in [5, 5.41) is 9.88. The first-order valence-electron chi connectivity index (χ1n) is 6.32. The summed E-state index contributed by atoms with van der Waals surface area (Å²) < 4.78 is 0. The van der Waals surface area contributed by atoms with Crippen molar-refractivity contribution < 1.29 is 5.11 Å². The minimum absolute atomic E-state index is 0.631. The number of rotatable bonds is 5. The van der Waals surface area contributed by atoms with Gasteiger partial charge in [0.05, 0.1) is 5.60 Å². The first kappa shape index (κ1) is 14.2. The molecule has 0 saturated heterocycles. The Balaban J connectivity index is 2.77. The summed E-state index contributed by atoms with van der Waals surface area (Å²) in [7, 11) is 0. The highest BCUT2D eigenvalue weighted by Gasteiger charge is 2.17. The fraction of sp³-hybridized carbons (Fsp3) is 0.600. The van der Waals surface area contributed by atoms with Gasteiger partial charge in [0.2, 0.25) is 0 Å². The Bertz CT molecular complexity index is 366. The highest BCUT2D eigenvalue weighted by atomic mass is 16.3. The maximum atomic E-state index is 9.88. The third-order valence-electron chi connectivity index (χ3n) is 2.96. The van der Waals surface area contributed by atoms with Crippen LogP contribution in [0.2, 0.25) is 0 Å². The van der Waals surface area contributed by atoms with Gasteiger partial charge in [0, 0.05) is 13.1 Å². The van der Waals surface area contributed by atoms with Gasteiger partial charge >= 0.3 is 0 Å². The molecule has 0 amide bonds. The van der Waals surface area contributed by atoms with Crippen molar-refractivity contribution in [3.8, 4) is 0 Å². The second-order valence-corrected chi connectivity index (χ2v) is 5.55. The Morgan fingerprint density at radius 3 is 2.41 bits per heavy atom. The molecule has 0 aliphatic rings. The van der Waals surface area contributed by atoms with Crippen molar-refractivity contribution in [1.29, 1.82) is 0 Å². The van der Waals surface area contributed by atoms with Crippen LogP contribution in [0.25, 0.3) is 0 Å². The van der Waals surface area contributed by atoms with Crippen molar-refractivity contribution in [2.75, 3.05) is 13.1 Å². The number of nitrogens with zero attached hydrogens (tertiary/aromatic N) is 1. The van der Waals surface area contributed by atoms with E-state index in [1.54, 1.807) is 0 Å². The highest BCUT2D eigenvalue weighted by molar-refractivity contribution is 5.30. The second kappa shape index (κ2) is 5.65. The van der Waals surface area contributed by atoms with Crippen molar-refractivity contribution in [1.82, 2.24) is 4.90 Å². The quantitative estimate of drug-likeness (QED) is 0.848. The fourth-order valence-electron chi connectivity index (χ4n) is 2.04. The molecule has 1 aromatic carbocycles. The number of hydrogen-bond acceptors (Lipinski definition) is 2. The summed E-state index contributed by atoms with van der Waals surface area (Å²) >= 11 is 0. The fourth-order valence-corrected chi connectivity index (χ4v) is 2.04. The van der Waals surface area contributed by atoms with E-state index in [4.69, 9.17) is 0 Å². The Labute approximate surface area is 105 Å². The van der Waals surface area contributed by atoms with Gasteiger partial charge in [-0.3, -0.25) is 4.90 Å². The maximum absolute atomic E-state index is 9.88. The topological polar surface area (TPSA) is 23.5 Å². The molecule has 0 spiro atoms. The number of aliphatic hydroxyl groups is 1. The summed E-state index contributed by atoms with van der Waals surface area (Å²) in [6.45, 7) is 12.7. The van der Waals surface area contributed by atoms with Crippen molar-refractivity contribution >= 4 is 0 Å². The lowest BCUT2D eigenvalue weighted by Gasteiger charge is -2.28. The Morgan fingerprint density at radius 1 is 1.24 bits per heavy atom. The lowest BCUT2D eigenvalue weighted by Crippen LogP contribution is -2.38. The monoisotopic (exact) mass is 235 g/mol. The van der Waals surface area contributed by atoms with Gasteiger partial charge in [-0.05, 0) is 45.4 Å². The average Bonchev–Trinajstić information content (AvgIpc) is 2.20. The predicted octanol–water partition coefficient (Wildman–Crippen LogP) is 2.90. The molecule has 1 N–H and O–H groups in total. The zero-order chi connectivity index (χ0) is 13.1. The molecule has 2 nitrogen and oxygen atoms in total. The molecule has 2 heteroatoms. The molecule has 0 unspecified atom stereocenters. The molecule has 0 atom stereocenters.